The van der Waals surface area contributed by atoms with Crippen molar-refractivity contribution in [2.24, 2.45) is 0 Å². The normalized spacial score (nSPS) is 12.0. The van der Waals surface area contributed by atoms with Gasteiger partial charge in [0.05, 0.1) is 7.11 Å². The Hall–Kier alpha value is -2.00. The van der Waals surface area contributed by atoms with E-state index in [1.54, 1.807) is 7.11 Å². The van der Waals surface area contributed by atoms with Crippen LogP contribution in [0.5, 0.6) is 5.75 Å². The average molecular weight is 284 g/mol. The Labute approximate surface area is 127 Å². The molecule has 0 fully saturated rings. The Balaban J connectivity index is 2.40. The maximum absolute atomic E-state index is 5.32. The quantitative estimate of drug-likeness (QED) is 0.863. The lowest BCUT2D eigenvalue weighted by atomic mass is 10.0. The number of para-hydroxylation sites is 1. The molecule has 0 aromatic heterocycles. The predicted molar refractivity (Wildman–Crippen MR) is 89.6 cm³/mol. The first-order chi connectivity index (χ1) is 10.2. The van der Waals surface area contributed by atoms with Crippen molar-refractivity contribution in [1.29, 1.82) is 0 Å². The molecule has 0 bridgehead atoms. The second-order valence-corrected chi connectivity index (χ2v) is 5.07. The fourth-order valence-corrected chi connectivity index (χ4v) is 2.63. The topological polar surface area (TPSA) is 24.5 Å². The molecule has 2 rings (SSSR count). The van der Waals surface area contributed by atoms with Gasteiger partial charge in [0, 0.05) is 30.5 Å². The summed E-state index contributed by atoms with van der Waals surface area (Å²) in [5.41, 5.74) is 3.65. The predicted octanol–water partition coefficient (Wildman–Crippen LogP) is 4.13. The highest BCUT2D eigenvalue weighted by Gasteiger charge is 2.15. The van der Waals surface area contributed by atoms with Gasteiger partial charge < -0.3 is 15.0 Å². The summed E-state index contributed by atoms with van der Waals surface area (Å²) in [6.07, 6.45) is 1.06. The van der Waals surface area contributed by atoms with Gasteiger partial charge in [0.25, 0.3) is 0 Å². The van der Waals surface area contributed by atoms with Crippen molar-refractivity contribution in [3.63, 3.8) is 0 Å². The first kappa shape index (κ1) is 15.4. The number of nitrogens with zero attached hydrogens (tertiary/aromatic N) is 1. The average Bonchev–Trinajstić information content (AvgIpc) is 2.56. The molecule has 21 heavy (non-hydrogen) atoms. The number of hydrogen-bond donors (Lipinski definition) is 1. The molecular formula is C18H24N2O. The number of anilines is 2. The van der Waals surface area contributed by atoms with E-state index in [1.165, 1.54) is 11.3 Å². The Bertz CT molecular complexity index is 579. The summed E-state index contributed by atoms with van der Waals surface area (Å²) in [5, 5.41) is 3.39. The molecule has 0 spiro atoms. The van der Waals surface area contributed by atoms with Crippen LogP contribution < -0.4 is 15.0 Å². The van der Waals surface area contributed by atoms with E-state index in [0.717, 1.165) is 17.9 Å². The maximum atomic E-state index is 5.32. The fourth-order valence-electron chi connectivity index (χ4n) is 2.63. The van der Waals surface area contributed by atoms with Crippen LogP contribution in [0.4, 0.5) is 11.4 Å². The largest absolute Gasteiger partial charge is 0.497 e. The van der Waals surface area contributed by atoms with Gasteiger partial charge in [-0.15, -0.1) is 0 Å². The van der Waals surface area contributed by atoms with Crippen LogP contribution in [0.3, 0.4) is 0 Å². The van der Waals surface area contributed by atoms with E-state index in [-0.39, 0.29) is 0 Å². The molecule has 0 heterocycles. The van der Waals surface area contributed by atoms with Crippen LogP contribution in [0.2, 0.25) is 0 Å². The molecule has 0 aliphatic carbocycles. The number of benzene rings is 2. The lowest BCUT2D eigenvalue weighted by Gasteiger charge is -2.26. The van der Waals surface area contributed by atoms with E-state index < -0.39 is 0 Å². The molecule has 1 unspecified atom stereocenters. The third kappa shape index (κ3) is 3.37. The van der Waals surface area contributed by atoms with Crippen molar-refractivity contribution >= 4 is 11.4 Å². The molecule has 0 saturated carbocycles. The van der Waals surface area contributed by atoms with Crippen LogP contribution in [-0.4, -0.2) is 21.2 Å². The van der Waals surface area contributed by atoms with Crippen LogP contribution in [0.15, 0.2) is 48.5 Å². The van der Waals surface area contributed by atoms with E-state index in [4.69, 9.17) is 4.74 Å². The zero-order valence-electron chi connectivity index (χ0n) is 13.3. The van der Waals surface area contributed by atoms with Crippen LogP contribution >= 0.6 is 0 Å². The minimum absolute atomic E-state index is 0.356. The number of methoxy groups -OCH3 is 1. The van der Waals surface area contributed by atoms with Gasteiger partial charge in [-0.2, -0.15) is 0 Å². The molecule has 3 nitrogen and oxygen atoms in total. The summed E-state index contributed by atoms with van der Waals surface area (Å²) in [7, 11) is 5.80. The molecule has 0 aliphatic rings. The van der Waals surface area contributed by atoms with Crippen molar-refractivity contribution in [2.45, 2.75) is 19.4 Å². The summed E-state index contributed by atoms with van der Waals surface area (Å²) in [6.45, 7) is 2.20. The standard InChI is InChI=1S/C18H24N2O/c1-5-17(19-2)16-11-6-7-12-18(16)20(3)14-9-8-10-15(13-14)21-4/h6-13,17,19H,5H2,1-4H3. The zero-order valence-corrected chi connectivity index (χ0v) is 13.3. The van der Waals surface area contributed by atoms with Crippen molar-refractivity contribution in [2.75, 3.05) is 26.1 Å². The molecule has 1 atom stereocenters. The van der Waals surface area contributed by atoms with Gasteiger partial charge in [-0.25, -0.2) is 0 Å². The van der Waals surface area contributed by atoms with Crippen LogP contribution in [0, 0.1) is 0 Å². The van der Waals surface area contributed by atoms with E-state index in [2.05, 4.69) is 60.6 Å². The molecule has 0 aliphatic heterocycles. The van der Waals surface area contributed by atoms with Gasteiger partial charge in [0.1, 0.15) is 5.75 Å². The molecule has 2 aromatic carbocycles. The Morgan fingerprint density at radius 1 is 1.14 bits per heavy atom. The molecule has 1 N–H and O–H groups in total. The summed E-state index contributed by atoms with van der Waals surface area (Å²) in [6, 6.07) is 17.0. The summed E-state index contributed by atoms with van der Waals surface area (Å²) < 4.78 is 5.32. The maximum Gasteiger partial charge on any atom is 0.120 e. The van der Waals surface area contributed by atoms with Crippen LogP contribution in [0.1, 0.15) is 24.9 Å². The summed E-state index contributed by atoms with van der Waals surface area (Å²) in [4.78, 5) is 2.21. The third-order valence-corrected chi connectivity index (χ3v) is 3.87. The summed E-state index contributed by atoms with van der Waals surface area (Å²) in [5.74, 6) is 0.873. The minimum atomic E-state index is 0.356. The van der Waals surface area contributed by atoms with E-state index >= 15 is 0 Å². The Morgan fingerprint density at radius 2 is 1.90 bits per heavy atom. The number of ether oxygens (including phenoxy) is 1. The molecule has 0 radical (unpaired) electrons. The second kappa shape index (κ2) is 7.14. The summed E-state index contributed by atoms with van der Waals surface area (Å²) >= 11 is 0. The molecule has 112 valence electrons. The van der Waals surface area contributed by atoms with Crippen LogP contribution in [0.25, 0.3) is 0 Å². The van der Waals surface area contributed by atoms with Crippen LogP contribution in [-0.2, 0) is 0 Å². The molecular weight excluding hydrogens is 260 g/mol. The van der Waals surface area contributed by atoms with Crippen molar-refractivity contribution in [3.8, 4) is 5.75 Å². The van der Waals surface area contributed by atoms with Gasteiger partial charge in [0.2, 0.25) is 0 Å². The molecule has 0 saturated heterocycles. The van der Waals surface area contributed by atoms with Gasteiger partial charge >= 0.3 is 0 Å². The molecule has 2 aromatic rings. The fraction of sp³-hybridized carbons (Fsp3) is 0.333. The van der Waals surface area contributed by atoms with Crippen molar-refractivity contribution in [1.82, 2.24) is 5.32 Å². The number of rotatable bonds is 6. The van der Waals surface area contributed by atoms with E-state index in [9.17, 15) is 0 Å². The minimum Gasteiger partial charge on any atom is -0.497 e. The molecule has 0 amide bonds. The highest BCUT2D eigenvalue weighted by Crippen LogP contribution is 2.33. The lowest BCUT2D eigenvalue weighted by molar-refractivity contribution is 0.415. The zero-order chi connectivity index (χ0) is 15.2. The van der Waals surface area contributed by atoms with Gasteiger partial charge in [-0.05, 0) is 37.2 Å². The molecule has 3 heteroatoms. The van der Waals surface area contributed by atoms with Gasteiger partial charge in [0.15, 0.2) is 0 Å². The third-order valence-electron chi connectivity index (χ3n) is 3.87. The first-order valence-electron chi connectivity index (χ1n) is 7.35. The smallest absolute Gasteiger partial charge is 0.120 e. The Kier molecular flexibility index (Phi) is 5.23. The Morgan fingerprint density at radius 3 is 2.57 bits per heavy atom. The lowest BCUT2D eigenvalue weighted by Crippen LogP contribution is -2.19. The van der Waals surface area contributed by atoms with Crippen molar-refractivity contribution in [3.05, 3.63) is 54.1 Å². The number of nitrogens with one attached hydrogen (secondary N) is 1. The first-order valence-corrected chi connectivity index (χ1v) is 7.35. The monoisotopic (exact) mass is 284 g/mol. The van der Waals surface area contributed by atoms with E-state index in [0.29, 0.717) is 6.04 Å². The van der Waals surface area contributed by atoms with Crippen molar-refractivity contribution < 1.29 is 4.74 Å². The second-order valence-electron chi connectivity index (χ2n) is 5.07. The van der Waals surface area contributed by atoms with Gasteiger partial charge in [-0.1, -0.05) is 31.2 Å². The number of hydrogen-bond acceptors (Lipinski definition) is 3. The SMILES string of the molecule is CCC(NC)c1ccccc1N(C)c1cccc(OC)c1. The highest BCUT2D eigenvalue weighted by atomic mass is 16.5. The van der Waals surface area contributed by atoms with E-state index in [1.807, 2.05) is 19.2 Å². The van der Waals surface area contributed by atoms with Gasteiger partial charge in [-0.3, -0.25) is 0 Å². The highest BCUT2D eigenvalue weighted by molar-refractivity contribution is 5.67.